The number of aryl methyl sites for hydroxylation is 1. The Kier molecular flexibility index (Phi) is 4.88. The SMILES string of the molecule is CCC(F)(F)c1nc2c(c3c1c(C(N)=O)c(N)n3-c1c(C)ccc(O)c1C)CCOC2. The lowest BCUT2D eigenvalue weighted by Gasteiger charge is -2.23. The normalized spacial score (nSPS) is 14.1. The second-order valence-electron chi connectivity index (χ2n) is 7.80. The fourth-order valence-corrected chi connectivity index (χ4v) is 4.31. The Morgan fingerprint density at radius 3 is 2.71 bits per heavy atom. The summed E-state index contributed by atoms with van der Waals surface area (Å²) in [5.41, 5.74) is 14.5. The van der Waals surface area contributed by atoms with Crippen LogP contribution < -0.4 is 11.5 Å². The van der Waals surface area contributed by atoms with Crippen LogP contribution in [0.5, 0.6) is 5.75 Å². The molecule has 0 fully saturated rings. The van der Waals surface area contributed by atoms with Crippen LogP contribution in [-0.4, -0.2) is 27.2 Å². The molecule has 31 heavy (non-hydrogen) atoms. The zero-order valence-electron chi connectivity index (χ0n) is 17.6. The number of anilines is 1. The lowest BCUT2D eigenvalue weighted by molar-refractivity contribution is -0.0118. The number of amides is 1. The van der Waals surface area contributed by atoms with Crippen molar-refractivity contribution >= 4 is 22.6 Å². The van der Waals surface area contributed by atoms with Crippen LogP contribution in [0.1, 0.15) is 51.8 Å². The summed E-state index contributed by atoms with van der Waals surface area (Å²) in [6, 6.07) is 3.25. The van der Waals surface area contributed by atoms with Crippen molar-refractivity contribution in [2.24, 2.45) is 5.73 Å². The van der Waals surface area contributed by atoms with Crippen LogP contribution in [0.25, 0.3) is 16.6 Å². The quantitative estimate of drug-likeness (QED) is 0.585. The van der Waals surface area contributed by atoms with Gasteiger partial charge < -0.3 is 21.3 Å². The average Bonchev–Trinajstić information content (AvgIpc) is 3.03. The molecule has 3 heterocycles. The standard InChI is InChI=1S/C22H24F2N4O3/c1-4-22(23,24)19-15-16(21(26)30)20(25)28(17-10(2)5-6-14(29)11(17)3)18(15)12-7-8-31-9-13(12)27-19/h5-6,29H,4,7-9,25H2,1-3H3,(H2,26,30). The van der Waals surface area contributed by atoms with E-state index in [0.717, 1.165) is 5.56 Å². The minimum atomic E-state index is -3.31. The zero-order chi connectivity index (χ0) is 22.7. The number of phenolic OH excluding ortho intramolecular Hbond substituents is 1. The first kappa shape index (κ1) is 21.0. The number of hydrogen-bond donors (Lipinski definition) is 3. The maximum atomic E-state index is 15.0. The highest BCUT2D eigenvalue weighted by Gasteiger charge is 2.39. The van der Waals surface area contributed by atoms with E-state index < -0.39 is 23.9 Å². The van der Waals surface area contributed by atoms with Gasteiger partial charge in [-0.2, -0.15) is 8.78 Å². The maximum Gasteiger partial charge on any atom is 0.290 e. The summed E-state index contributed by atoms with van der Waals surface area (Å²) in [4.78, 5) is 16.7. The molecule has 0 bridgehead atoms. The number of nitrogen functional groups attached to an aromatic ring is 1. The van der Waals surface area contributed by atoms with Gasteiger partial charge in [-0.3, -0.25) is 9.36 Å². The smallest absolute Gasteiger partial charge is 0.290 e. The largest absolute Gasteiger partial charge is 0.508 e. The first-order chi connectivity index (χ1) is 14.6. The summed E-state index contributed by atoms with van der Waals surface area (Å²) in [6.07, 6.45) is -0.0996. The van der Waals surface area contributed by atoms with Crippen LogP contribution in [0.3, 0.4) is 0 Å². The summed E-state index contributed by atoms with van der Waals surface area (Å²) in [5, 5.41) is 10.3. The number of hydrogen-bond acceptors (Lipinski definition) is 5. The number of halogens is 2. The number of carbonyl (C=O) groups excluding carboxylic acids is 1. The van der Waals surface area contributed by atoms with E-state index >= 15 is 8.78 Å². The zero-order valence-corrected chi connectivity index (χ0v) is 17.6. The van der Waals surface area contributed by atoms with Crippen molar-refractivity contribution in [1.29, 1.82) is 0 Å². The number of alkyl halides is 2. The van der Waals surface area contributed by atoms with Gasteiger partial charge in [-0.05, 0) is 31.9 Å². The summed E-state index contributed by atoms with van der Waals surface area (Å²) in [5.74, 6) is -4.27. The molecule has 7 nitrogen and oxygen atoms in total. The highest BCUT2D eigenvalue weighted by atomic mass is 19.3. The fraction of sp³-hybridized carbons (Fsp3) is 0.364. The highest BCUT2D eigenvalue weighted by Crippen LogP contribution is 2.44. The van der Waals surface area contributed by atoms with Crippen LogP contribution in [0.2, 0.25) is 0 Å². The molecule has 0 radical (unpaired) electrons. The van der Waals surface area contributed by atoms with E-state index in [1.807, 2.05) is 6.92 Å². The van der Waals surface area contributed by atoms with Crippen molar-refractivity contribution in [2.45, 2.75) is 46.1 Å². The van der Waals surface area contributed by atoms with E-state index in [1.54, 1.807) is 23.6 Å². The van der Waals surface area contributed by atoms with Crippen LogP contribution in [0, 0.1) is 13.8 Å². The number of nitrogens with zero attached hydrogens (tertiary/aromatic N) is 2. The Bertz CT molecular complexity index is 1230. The fourth-order valence-electron chi connectivity index (χ4n) is 4.31. The molecule has 1 aliphatic heterocycles. The summed E-state index contributed by atoms with van der Waals surface area (Å²) < 4.78 is 37.1. The van der Waals surface area contributed by atoms with E-state index in [9.17, 15) is 9.90 Å². The van der Waals surface area contributed by atoms with E-state index in [2.05, 4.69) is 4.98 Å². The summed E-state index contributed by atoms with van der Waals surface area (Å²) in [7, 11) is 0. The molecule has 2 aromatic heterocycles. The minimum Gasteiger partial charge on any atom is -0.508 e. The summed E-state index contributed by atoms with van der Waals surface area (Å²) >= 11 is 0. The highest BCUT2D eigenvalue weighted by molar-refractivity contribution is 6.13. The topological polar surface area (TPSA) is 116 Å². The molecule has 0 saturated carbocycles. The predicted octanol–water partition coefficient (Wildman–Crippen LogP) is 3.60. The number of fused-ring (bicyclic) bond motifs is 3. The first-order valence-electron chi connectivity index (χ1n) is 10.0. The van der Waals surface area contributed by atoms with Gasteiger partial charge in [-0.25, -0.2) is 4.98 Å². The van der Waals surface area contributed by atoms with E-state index in [4.69, 9.17) is 16.2 Å². The van der Waals surface area contributed by atoms with Crippen molar-refractivity contribution < 1.29 is 23.4 Å². The van der Waals surface area contributed by atoms with Crippen LogP contribution in [-0.2, 0) is 23.7 Å². The first-order valence-corrected chi connectivity index (χ1v) is 10.0. The number of aromatic nitrogens is 2. The Morgan fingerprint density at radius 1 is 1.35 bits per heavy atom. The summed E-state index contributed by atoms with van der Waals surface area (Å²) in [6.45, 7) is 5.31. The number of benzene rings is 1. The molecule has 4 rings (SSSR count). The number of ether oxygens (including phenoxy) is 1. The van der Waals surface area contributed by atoms with Gasteiger partial charge >= 0.3 is 0 Å². The van der Waals surface area contributed by atoms with Crippen molar-refractivity contribution in [1.82, 2.24) is 9.55 Å². The molecule has 0 saturated heterocycles. The third-order valence-electron chi connectivity index (χ3n) is 5.93. The van der Waals surface area contributed by atoms with Crippen LogP contribution >= 0.6 is 0 Å². The molecule has 9 heteroatoms. The molecular weight excluding hydrogens is 406 g/mol. The van der Waals surface area contributed by atoms with Crippen molar-refractivity contribution in [3.05, 3.63) is 45.8 Å². The Hall–Kier alpha value is -3.20. The van der Waals surface area contributed by atoms with Gasteiger partial charge in [0.1, 0.15) is 17.3 Å². The molecule has 0 aliphatic carbocycles. The molecule has 5 N–H and O–H groups in total. The van der Waals surface area contributed by atoms with E-state index in [1.165, 1.54) is 6.92 Å². The van der Waals surface area contributed by atoms with Gasteiger partial charge in [0, 0.05) is 22.9 Å². The number of aromatic hydroxyl groups is 1. The second kappa shape index (κ2) is 7.19. The number of rotatable bonds is 4. The van der Waals surface area contributed by atoms with Crippen molar-refractivity contribution in [3.63, 3.8) is 0 Å². The lowest BCUT2D eigenvalue weighted by atomic mass is 9.98. The Labute approximate surface area is 177 Å². The van der Waals surface area contributed by atoms with Crippen LogP contribution in [0.4, 0.5) is 14.6 Å². The number of nitrogens with two attached hydrogens (primary N) is 2. The second-order valence-corrected chi connectivity index (χ2v) is 7.80. The van der Waals surface area contributed by atoms with E-state index in [0.29, 0.717) is 41.1 Å². The predicted molar refractivity (Wildman–Crippen MR) is 113 cm³/mol. The lowest BCUT2D eigenvalue weighted by Crippen LogP contribution is -2.21. The number of pyridine rings is 1. The van der Waals surface area contributed by atoms with Gasteiger partial charge in [0.25, 0.3) is 11.8 Å². The molecule has 1 amide bonds. The van der Waals surface area contributed by atoms with Gasteiger partial charge in [-0.1, -0.05) is 13.0 Å². The molecule has 0 unspecified atom stereocenters. The third-order valence-corrected chi connectivity index (χ3v) is 5.93. The molecule has 0 atom stereocenters. The molecule has 164 valence electrons. The Morgan fingerprint density at radius 2 is 2.06 bits per heavy atom. The number of phenols is 1. The molecular formula is C22H24F2N4O3. The molecule has 3 aromatic rings. The van der Waals surface area contributed by atoms with Gasteiger partial charge in [0.15, 0.2) is 0 Å². The average molecular weight is 430 g/mol. The van der Waals surface area contributed by atoms with Crippen LogP contribution in [0.15, 0.2) is 12.1 Å². The molecule has 1 aromatic carbocycles. The Balaban J connectivity index is 2.30. The monoisotopic (exact) mass is 430 g/mol. The number of primary amides is 1. The van der Waals surface area contributed by atoms with Gasteiger partial charge in [0.05, 0.1) is 35.7 Å². The molecule has 1 aliphatic rings. The minimum absolute atomic E-state index is 0.0212. The van der Waals surface area contributed by atoms with Gasteiger partial charge in [-0.15, -0.1) is 0 Å². The van der Waals surface area contributed by atoms with Gasteiger partial charge in [0.2, 0.25) is 0 Å². The van der Waals surface area contributed by atoms with E-state index in [-0.39, 0.29) is 29.1 Å². The number of carbonyl (C=O) groups is 1. The molecule has 0 spiro atoms. The third kappa shape index (κ3) is 3.03. The van der Waals surface area contributed by atoms with Crippen molar-refractivity contribution in [2.75, 3.05) is 12.3 Å². The van der Waals surface area contributed by atoms with Crippen molar-refractivity contribution in [3.8, 4) is 11.4 Å². The maximum absolute atomic E-state index is 15.0.